The Morgan fingerprint density at radius 2 is 1.90 bits per heavy atom. The number of ether oxygens (including phenoxy) is 1. The van der Waals surface area contributed by atoms with Crippen molar-refractivity contribution in [1.29, 1.82) is 0 Å². The molecule has 0 spiro atoms. The van der Waals surface area contributed by atoms with Crippen molar-refractivity contribution in [2.75, 3.05) is 19.8 Å². The largest absolute Gasteiger partial charge is 0.542 e. The fourth-order valence-corrected chi connectivity index (χ4v) is 1.58. The first-order valence-electron chi connectivity index (χ1n) is 5.79. The fourth-order valence-electron chi connectivity index (χ4n) is 1.58. The van der Waals surface area contributed by atoms with Gasteiger partial charge in [0.05, 0.1) is 13.2 Å². The lowest BCUT2D eigenvalue weighted by atomic mass is 10.1. The molecule has 1 fully saturated rings. The Balaban J connectivity index is 0.000000246. The number of benzene rings is 1. The minimum atomic E-state index is -5.19. The predicted octanol–water partition coefficient (Wildman–Crippen LogP) is -0.675. The third-order valence-electron chi connectivity index (χ3n) is 2.56. The quantitative estimate of drug-likeness (QED) is 0.719. The number of nitrogens with two attached hydrogens (primary N) is 1. The summed E-state index contributed by atoms with van der Waals surface area (Å²) in [5, 5.41) is 20.2. The second-order valence-electron chi connectivity index (χ2n) is 4.08. The van der Waals surface area contributed by atoms with Gasteiger partial charge in [0, 0.05) is 5.56 Å². The summed E-state index contributed by atoms with van der Waals surface area (Å²) in [7, 11) is 0. The molecule has 3 N–H and O–H groups in total. The molecule has 5 nitrogen and oxygen atoms in total. The summed E-state index contributed by atoms with van der Waals surface area (Å²) in [6.07, 6.45) is -5.19. The zero-order valence-electron chi connectivity index (χ0n) is 10.4. The van der Waals surface area contributed by atoms with Gasteiger partial charge >= 0.3 is 6.18 Å². The molecule has 1 unspecified atom stereocenters. The number of carbonyl (C=O) groups excluding carboxylic acids is 1. The van der Waals surface area contributed by atoms with E-state index in [2.05, 4.69) is 5.32 Å². The van der Waals surface area contributed by atoms with Crippen molar-refractivity contribution in [3.8, 4) is 5.75 Å². The highest BCUT2D eigenvalue weighted by Crippen LogP contribution is 2.15. The van der Waals surface area contributed by atoms with Gasteiger partial charge in [0.2, 0.25) is 0 Å². The number of halogens is 3. The zero-order valence-corrected chi connectivity index (χ0v) is 10.4. The van der Waals surface area contributed by atoms with Gasteiger partial charge in [-0.2, -0.15) is 13.2 Å². The third-order valence-corrected chi connectivity index (χ3v) is 2.56. The van der Waals surface area contributed by atoms with Gasteiger partial charge < -0.3 is 25.1 Å². The van der Waals surface area contributed by atoms with E-state index in [1.807, 2.05) is 12.1 Å². The van der Waals surface area contributed by atoms with Gasteiger partial charge in [-0.15, -0.1) is 0 Å². The molecule has 8 heteroatoms. The van der Waals surface area contributed by atoms with Gasteiger partial charge in [0.1, 0.15) is 24.4 Å². The van der Waals surface area contributed by atoms with Crippen LogP contribution in [0.2, 0.25) is 0 Å². The van der Waals surface area contributed by atoms with Crippen LogP contribution < -0.4 is 10.4 Å². The van der Waals surface area contributed by atoms with E-state index < -0.39 is 12.1 Å². The van der Waals surface area contributed by atoms with Crippen LogP contribution in [0.15, 0.2) is 24.3 Å². The van der Waals surface area contributed by atoms with Crippen LogP contribution in [-0.2, 0) is 9.53 Å². The number of hydrogen-bond donors (Lipinski definition) is 2. The number of carboxylic acids is 1. The molecule has 0 radical (unpaired) electrons. The number of rotatable bonds is 1. The van der Waals surface area contributed by atoms with Crippen molar-refractivity contribution in [2.45, 2.75) is 12.2 Å². The van der Waals surface area contributed by atoms with Crippen LogP contribution in [0.3, 0.4) is 0 Å². The molecule has 1 saturated heterocycles. The van der Waals surface area contributed by atoms with Crippen LogP contribution in [0, 0.1) is 0 Å². The van der Waals surface area contributed by atoms with Gasteiger partial charge in [0.15, 0.2) is 0 Å². The van der Waals surface area contributed by atoms with E-state index in [4.69, 9.17) is 19.7 Å². The molecule has 20 heavy (non-hydrogen) atoms. The summed E-state index contributed by atoms with van der Waals surface area (Å²) in [5.74, 6) is -2.69. The Morgan fingerprint density at radius 3 is 2.30 bits per heavy atom. The number of aliphatic carboxylic acids is 1. The van der Waals surface area contributed by atoms with Gasteiger partial charge in [-0.05, 0) is 24.3 Å². The number of phenolic OH excluding ortho intramolecular Hbond substituents is 1. The number of alkyl halides is 3. The summed E-state index contributed by atoms with van der Waals surface area (Å²) < 4.78 is 36.9. The Kier molecular flexibility index (Phi) is 5.78. The lowest BCUT2D eigenvalue weighted by Crippen LogP contribution is -2.88. The summed E-state index contributed by atoms with van der Waals surface area (Å²) in [6, 6.07) is 7.74. The van der Waals surface area contributed by atoms with Crippen molar-refractivity contribution in [2.24, 2.45) is 0 Å². The zero-order chi connectivity index (χ0) is 15.2. The van der Waals surface area contributed by atoms with Crippen molar-refractivity contribution >= 4 is 5.97 Å². The van der Waals surface area contributed by atoms with E-state index >= 15 is 0 Å². The predicted molar refractivity (Wildman–Crippen MR) is 59.5 cm³/mol. The summed E-state index contributed by atoms with van der Waals surface area (Å²) >= 11 is 0. The molecule has 0 aromatic heterocycles. The molecule has 1 aliphatic rings. The highest BCUT2D eigenvalue weighted by atomic mass is 19.4. The van der Waals surface area contributed by atoms with Crippen LogP contribution >= 0.6 is 0 Å². The van der Waals surface area contributed by atoms with E-state index in [-0.39, 0.29) is 0 Å². The summed E-state index contributed by atoms with van der Waals surface area (Å²) in [4.78, 5) is 8.78. The van der Waals surface area contributed by atoms with E-state index in [1.165, 1.54) is 5.56 Å². The fraction of sp³-hybridized carbons (Fsp3) is 0.417. The molecular formula is C12H14F3NO4. The number of morpholine rings is 1. The Bertz CT molecular complexity index is 427. The maximum atomic E-state index is 10.5. The second kappa shape index (κ2) is 7.11. The van der Waals surface area contributed by atoms with Gasteiger partial charge in [-0.1, -0.05) is 0 Å². The first kappa shape index (κ1) is 16.3. The van der Waals surface area contributed by atoms with Gasteiger partial charge in [-0.3, -0.25) is 0 Å². The van der Waals surface area contributed by atoms with Crippen LogP contribution in [0.4, 0.5) is 13.2 Å². The summed E-state index contributed by atoms with van der Waals surface area (Å²) in [5.41, 5.74) is 1.22. The Labute approximate surface area is 113 Å². The minimum absolute atomic E-state index is 0.320. The Hall–Kier alpha value is -1.80. The number of hydrogen-bond acceptors (Lipinski definition) is 4. The van der Waals surface area contributed by atoms with Crippen molar-refractivity contribution in [3.05, 3.63) is 29.8 Å². The van der Waals surface area contributed by atoms with Crippen molar-refractivity contribution < 1.29 is 38.2 Å². The van der Waals surface area contributed by atoms with Crippen LogP contribution in [-0.4, -0.2) is 37.0 Å². The highest BCUT2D eigenvalue weighted by molar-refractivity contribution is 5.70. The molecule has 0 aliphatic carbocycles. The lowest BCUT2D eigenvalue weighted by Gasteiger charge is -2.20. The minimum Gasteiger partial charge on any atom is -0.542 e. The molecule has 0 amide bonds. The van der Waals surface area contributed by atoms with Crippen molar-refractivity contribution in [3.63, 3.8) is 0 Å². The molecule has 1 heterocycles. The topological polar surface area (TPSA) is 86.2 Å². The molecule has 1 aliphatic heterocycles. The normalized spacial score (nSPS) is 18.9. The van der Waals surface area contributed by atoms with Crippen molar-refractivity contribution in [1.82, 2.24) is 0 Å². The smallest absolute Gasteiger partial charge is 0.430 e. The summed E-state index contributed by atoms with van der Waals surface area (Å²) in [6.45, 7) is 2.63. The Morgan fingerprint density at radius 1 is 1.35 bits per heavy atom. The maximum absolute atomic E-state index is 10.5. The maximum Gasteiger partial charge on any atom is 0.430 e. The molecule has 0 saturated carbocycles. The molecule has 0 bridgehead atoms. The van der Waals surface area contributed by atoms with E-state index in [0.29, 0.717) is 11.8 Å². The average molecular weight is 293 g/mol. The monoisotopic (exact) mass is 293 g/mol. The molecular weight excluding hydrogens is 279 g/mol. The molecule has 2 rings (SSSR count). The van der Waals surface area contributed by atoms with E-state index in [1.54, 1.807) is 12.1 Å². The molecule has 1 aromatic carbocycles. The second-order valence-corrected chi connectivity index (χ2v) is 4.08. The molecule has 1 aromatic rings. The van der Waals surface area contributed by atoms with Crippen LogP contribution in [0.25, 0.3) is 0 Å². The van der Waals surface area contributed by atoms with Crippen LogP contribution in [0.1, 0.15) is 11.6 Å². The number of carboxylic acid groups (broad SMARTS) is 1. The van der Waals surface area contributed by atoms with Crippen LogP contribution in [0.5, 0.6) is 5.75 Å². The van der Waals surface area contributed by atoms with E-state index in [0.717, 1.165) is 19.8 Å². The number of aromatic hydroxyl groups is 1. The standard InChI is InChI=1S/C10H13NO2.C2HF3O2/c12-9-3-1-8(2-4-9)10-7-13-6-5-11-10;3-2(4,5)1(6)7/h1-4,10-12H,5-7H2;(H,6,7). The number of phenols is 1. The highest BCUT2D eigenvalue weighted by Gasteiger charge is 2.28. The number of quaternary nitrogens is 1. The third kappa shape index (κ3) is 5.45. The molecule has 1 atom stereocenters. The SMILES string of the molecule is O=C([O-])C(F)(F)F.Oc1ccc(C2COCC[NH2+]2)cc1. The van der Waals surface area contributed by atoms with Gasteiger partial charge in [0.25, 0.3) is 0 Å². The van der Waals surface area contributed by atoms with E-state index in [9.17, 15) is 13.2 Å². The van der Waals surface area contributed by atoms with Gasteiger partial charge in [-0.25, -0.2) is 0 Å². The first-order valence-corrected chi connectivity index (χ1v) is 5.79. The average Bonchev–Trinajstić information content (AvgIpc) is 2.40. The first-order chi connectivity index (χ1) is 9.30. The lowest BCUT2D eigenvalue weighted by molar-refractivity contribution is -0.711. The molecule has 112 valence electrons. The number of carbonyl (C=O) groups is 1.